The van der Waals surface area contributed by atoms with Gasteiger partial charge in [0.1, 0.15) is 5.82 Å². The zero-order valence-corrected chi connectivity index (χ0v) is 11.2. The molecule has 0 spiro atoms. The van der Waals surface area contributed by atoms with Crippen LogP contribution in [0.25, 0.3) is 5.65 Å². The van der Waals surface area contributed by atoms with Crippen LogP contribution in [0, 0.1) is 0 Å². The minimum Gasteiger partial charge on any atom is -0.388 e. The summed E-state index contributed by atoms with van der Waals surface area (Å²) in [6.07, 6.45) is 2.35. The molecule has 21 heavy (non-hydrogen) atoms. The monoisotopic (exact) mass is 282 g/mol. The van der Waals surface area contributed by atoms with E-state index in [1.807, 2.05) is 18.2 Å². The molecular weight excluding hydrogens is 268 g/mol. The fourth-order valence-corrected chi connectivity index (χ4v) is 2.09. The van der Waals surface area contributed by atoms with Gasteiger partial charge in [-0.15, -0.1) is 0 Å². The number of rotatable bonds is 4. The number of hydrogen-bond donors (Lipinski definition) is 2. The first-order valence-electron chi connectivity index (χ1n) is 6.55. The Bertz CT molecular complexity index is 754. The lowest BCUT2D eigenvalue weighted by molar-refractivity contribution is -0.118. The molecule has 2 heterocycles. The van der Waals surface area contributed by atoms with Gasteiger partial charge in [-0.2, -0.15) is 9.61 Å². The van der Waals surface area contributed by atoms with Crippen molar-refractivity contribution in [2.75, 3.05) is 5.32 Å². The molecular formula is C15H14N4O2. The molecule has 0 saturated carbocycles. The predicted octanol–water partition coefficient (Wildman–Crippen LogP) is 1.79. The molecule has 2 aromatic heterocycles. The maximum atomic E-state index is 12.0. The molecule has 0 radical (unpaired) electrons. The van der Waals surface area contributed by atoms with Crippen molar-refractivity contribution in [3.63, 3.8) is 0 Å². The lowest BCUT2D eigenvalue weighted by Crippen LogP contribution is -2.17. The smallest absolute Gasteiger partial charge is 0.228 e. The van der Waals surface area contributed by atoms with Crippen LogP contribution in [-0.4, -0.2) is 25.6 Å². The molecule has 3 rings (SSSR count). The van der Waals surface area contributed by atoms with Crippen LogP contribution in [0.1, 0.15) is 18.1 Å². The quantitative estimate of drug-likeness (QED) is 0.764. The van der Waals surface area contributed by atoms with Crippen LogP contribution in [0.2, 0.25) is 0 Å². The molecule has 1 atom stereocenters. The highest BCUT2D eigenvalue weighted by molar-refractivity contribution is 5.90. The van der Waals surface area contributed by atoms with Crippen LogP contribution in [0.4, 0.5) is 5.82 Å². The highest BCUT2D eigenvalue weighted by atomic mass is 16.3. The van der Waals surface area contributed by atoms with E-state index in [2.05, 4.69) is 15.4 Å². The number of nitrogens with zero attached hydrogens (tertiary/aromatic N) is 3. The van der Waals surface area contributed by atoms with Gasteiger partial charge in [0.15, 0.2) is 5.65 Å². The molecule has 1 aromatic carbocycles. The summed E-state index contributed by atoms with van der Waals surface area (Å²) in [7, 11) is 0. The number of anilines is 1. The molecule has 0 aliphatic rings. The molecule has 0 aliphatic carbocycles. The second-order valence-corrected chi connectivity index (χ2v) is 4.61. The number of amides is 1. The van der Waals surface area contributed by atoms with E-state index in [-0.39, 0.29) is 12.3 Å². The molecule has 3 aromatic rings. The maximum absolute atomic E-state index is 12.0. The summed E-state index contributed by atoms with van der Waals surface area (Å²) in [6, 6.07) is 12.5. The Morgan fingerprint density at radius 1 is 1.19 bits per heavy atom. The SMILES string of the molecule is O=C(CC(O)c1ccccc1)Nc1ccnc2ccnn12. The highest BCUT2D eigenvalue weighted by Gasteiger charge is 2.14. The first kappa shape index (κ1) is 13.3. The third kappa shape index (κ3) is 2.90. The molecule has 1 unspecified atom stereocenters. The first-order chi connectivity index (χ1) is 10.2. The number of carbonyl (C=O) groups excluding carboxylic acids is 1. The summed E-state index contributed by atoms with van der Waals surface area (Å²) in [6.45, 7) is 0. The predicted molar refractivity (Wildman–Crippen MR) is 77.6 cm³/mol. The van der Waals surface area contributed by atoms with Gasteiger partial charge in [0.05, 0.1) is 18.7 Å². The van der Waals surface area contributed by atoms with E-state index in [1.165, 1.54) is 4.52 Å². The number of aromatic nitrogens is 3. The summed E-state index contributed by atoms with van der Waals surface area (Å²) < 4.78 is 1.53. The van der Waals surface area contributed by atoms with Crippen molar-refractivity contribution >= 4 is 17.4 Å². The minimum atomic E-state index is -0.832. The minimum absolute atomic E-state index is 0.0188. The van der Waals surface area contributed by atoms with Crippen molar-refractivity contribution in [3.8, 4) is 0 Å². The fraction of sp³-hybridized carbons (Fsp3) is 0.133. The third-order valence-corrected chi connectivity index (χ3v) is 3.12. The number of aliphatic hydroxyl groups is 1. The highest BCUT2D eigenvalue weighted by Crippen LogP contribution is 2.17. The number of hydrogen-bond acceptors (Lipinski definition) is 4. The first-order valence-corrected chi connectivity index (χ1v) is 6.55. The second kappa shape index (κ2) is 5.72. The van der Waals surface area contributed by atoms with Gasteiger partial charge in [-0.05, 0) is 11.6 Å². The molecule has 2 N–H and O–H groups in total. The Hall–Kier alpha value is -2.73. The van der Waals surface area contributed by atoms with Crippen molar-refractivity contribution in [2.45, 2.75) is 12.5 Å². The molecule has 0 saturated heterocycles. The van der Waals surface area contributed by atoms with Gasteiger partial charge in [0, 0.05) is 12.3 Å². The van der Waals surface area contributed by atoms with Crippen LogP contribution >= 0.6 is 0 Å². The summed E-state index contributed by atoms with van der Waals surface area (Å²) >= 11 is 0. The van der Waals surface area contributed by atoms with Gasteiger partial charge < -0.3 is 10.4 Å². The van der Waals surface area contributed by atoms with Crippen molar-refractivity contribution in [1.82, 2.24) is 14.6 Å². The fourth-order valence-electron chi connectivity index (χ4n) is 2.09. The van der Waals surface area contributed by atoms with Gasteiger partial charge in [0.25, 0.3) is 0 Å². The summed E-state index contributed by atoms with van der Waals surface area (Å²) in [5, 5.41) is 16.9. The van der Waals surface area contributed by atoms with Crippen LogP contribution in [0.15, 0.2) is 54.9 Å². The third-order valence-electron chi connectivity index (χ3n) is 3.12. The van der Waals surface area contributed by atoms with Crippen molar-refractivity contribution < 1.29 is 9.90 Å². The van der Waals surface area contributed by atoms with Crippen molar-refractivity contribution in [1.29, 1.82) is 0 Å². The van der Waals surface area contributed by atoms with E-state index in [9.17, 15) is 9.90 Å². The van der Waals surface area contributed by atoms with E-state index in [0.29, 0.717) is 17.0 Å². The average molecular weight is 282 g/mol. The summed E-state index contributed by atoms with van der Waals surface area (Å²) in [4.78, 5) is 16.1. The Morgan fingerprint density at radius 3 is 2.81 bits per heavy atom. The van der Waals surface area contributed by atoms with Gasteiger partial charge in [-0.1, -0.05) is 30.3 Å². The van der Waals surface area contributed by atoms with Crippen molar-refractivity contribution in [3.05, 3.63) is 60.4 Å². The topological polar surface area (TPSA) is 79.5 Å². The van der Waals surface area contributed by atoms with Gasteiger partial charge in [-0.3, -0.25) is 4.79 Å². The molecule has 0 aliphatic heterocycles. The van der Waals surface area contributed by atoms with Crippen molar-refractivity contribution in [2.24, 2.45) is 0 Å². The Balaban J connectivity index is 1.71. The van der Waals surface area contributed by atoms with E-state index in [0.717, 1.165) is 0 Å². The number of nitrogens with one attached hydrogen (secondary N) is 1. The second-order valence-electron chi connectivity index (χ2n) is 4.61. The molecule has 1 amide bonds. The Kier molecular flexibility index (Phi) is 3.61. The van der Waals surface area contributed by atoms with Crippen LogP contribution in [-0.2, 0) is 4.79 Å². The van der Waals surface area contributed by atoms with Gasteiger partial charge in [-0.25, -0.2) is 4.98 Å². The molecule has 0 bridgehead atoms. The maximum Gasteiger partial charge on any atom is 0.228 e. The number of carbonyl (C=O) groups is 1. The van der Waals surface area contributed by atoms with E-state index >= 15 is 0 Å². The van der Waals surface area contributed by atoms with Crippen LogP contribution in [0.5, 0.6) is 0 Å². The van der Waals surface area contributed by atoms with E-state index in [1.54, 1.807) is 36.7 Å². The molecule has 0 fully saturated rings. The Labute approximate surface area is 121 Å². The Morgan fingerprint density at radius 2 is 2.00 bits per heavy atom. The standard InChI is InChI=1S/C15H14N4O2/c20-12(11-4-2-1-3-5-11)10-15(21)18-14-6-8-16-13-7-9-17-19(13)14/h1-9,12,20H,10H2,(H,18,21). The zero-order valence-electron chi connectivity index (χ0n) is 11.2. The molecule has 106 valence electrons. The lowest BCUT2D eigenvalue weighted by Gasteiger charge is -2.11. The number of fused-ring (bicyclic) bond motifs is 1. The number of aliphatic hydroxyl groups excluding tert-OH is 1. The lowest BCUT2D eigenvalue weighted by atomic mass is 10.1. The summed E-state index contributed by atoms with van der Waals surface area (Å²) in [5.74, 6) is 0.240. The molecule has 6 heteroatoms. The van der Waals surface area contributed by atoms with Crippen LogP contribution in [0.3, 0.4) is 0 Å². The largest absolute Gasteiger partial charge is 0.388 e. The van der Waals surface area contributed by atoms with E-state index < -0.39 is 6.10 Å². The molecule has 6 nitrogen and oxygen atoms in total. The average Bonchev–Trinajstić information content (AvgIpc) is 2.97. The zero-order chi connectivity index (χ0) is 14.7. The van der Waals surface area contributed by atoms with E-state index in [4.69, 9.17) is 0 Å². The summed E-state index contributed by atoms with van der Waals surface area (Å²) in [5.41, 5.74) is 1.36. The van der Waals surface area contributed by atoms with Gasteiger partial charge >= 0.3 is 0 Å². The normalized spacial score (nSPS) is 12.2. The number of benzene rings is 1. The van der Waals surface area contributed by atoms with Gasteiger partial charge in [0.2, 0.25) is 5.91 Å². The van der Waals surface area contributed by atoms with Crippen LogP contribution < -0.4 is 5.32 Å².